The molecule has 12 rings (SSSR count). The van der Waals surface area contributed by atoms with Gasteiger partial charge in [0, 0.05) is 53.1 Å². The van der Waals surface area contributed by atoms with Crippen molar-refractivity contribution in [2.45, 2.75) is 52.4 Å². The molecular weight excluding hydrogens is 837 g/mol. The van der Waals surface area contributed by atoms with E-state index in [1.54, 1.807) is 0 Å². The van der Waals surface area contributed by atoms with E-state index in [2.05, 4.69) is 245 Å². The molecule has 0 saturated carbocycles. The molecule has 0 spiro atoms. The molecule has 12 aromatic rings. The molecular formula is C62H50N2S2. The molecule has 0 fully saturated rings. The Morgan fingerprint density at radius 3 is 1.06 bits per heavy atom. The number of anilines is 6. The van der Waals surface area contributed by atoms with Crippen molar-refractivity contribution in [1.29, 1.82) is 0 Å². The van der Waals surface area contributed by atoms with Gasteiger partial charge >= 0.3 is 0 Å². The summed E-state index contributed by atoms with van der Waals surface area (Å²) in [5, 5.41) is 12.5. The maximum Gasteiger partial charge on any atom is 0.0647 e. The fourth-order valence-electron chi connectivity index (χ4n) is 10.1. The molecule has 0 N–H and O–H groups in total. The fraction of sp³-hybridized carbons (Fsp3) is 0.129. The Bertz CT molecular complexity index is 3580. The van der Waals surface area contributed by atoms with Gasteiger partial charge in [-0.1, -0.05) is 175 Å². The monoisotopic (exact) mass is 886 g/mol. The topological polar surface area (TPSA) is 6.48 Å². The first-order chi connectivity index (χ1) is 32.0. The Labute approximate surface area is 394 Å². The molecule has 0 radical (unpaired) electrons. The number of hydrogen-bond acceptors (Lipinski definition) is 4. The lowest BCUT2D eigenvalue weighted by atomic mass is 9.87. The van der Waals surface area contributed by atoms with Gasteiger partial charge < -0.3 is 9.80 Å². The van der Waals surface area contributed by atoms with E-state index in [9.17, 15) is 0 Å². The number of thiophene rings is 2. The highest BCUT2D eigenvalue weighted by atomic mass is 32.1. The molecule has 0 amide bonds. The summed E-state index contributed by atoms with van der Waals surface area (Å²) >= 11 is 3.81. The Morgan fingerprint density at radius 2 is 0.667 bits per heavy atom. The lowest BCUT2D eigenvalue weighted by molar-refractivity contribution is 0.590. The van der Waals surface area contributed by atoms with Gasteiger partial charge in [0.25, 0.3) is 0 Å². The van der Waals surface area contributed by atoms with Crippen LogP contribution in [0.25, 0.3) is 72.7 Å². The van der Waals surface area contributed by atoms with Crippen molar-refractivity contribution >= 4 is 129 Å². The van der Waals surface area contributed by atoms with E-state index >= 15 is 0 Å². The van der Waals surface area contributed by atoms with Crippen LogP contribution in [0.2, 0.25) is 0 Å². The van der Waals surface area contributed by atoms with Gasteiger partial charge in [-0.15, -0.1) is 22.7 Å². The average molecular weight is 887 g/mol. The Morgan fingerprint density at radius 1 is 0.318 bits per heavy atom. The molecule has 2 heterocycles. The highest BCUT2D eigenvalue weighted by Crippen LogP contribution is 2.55. The van der Waals surface area contributed by atoms with E-state index in [1.165, 1.54) is 107 Å². The predicted octanol–water partition coefficient (Wildman–Crippen LogP) is 19.4. The summed E-state index contributed by atoms with van der Waals surface area (Å²) in [6.45, 7) is 13.8. The zero-order chi connectivity index (χ0) is 44.9. The fourth-order valence-corrected chi connectivity index (χ4v) is 12.6. The first kappa shape index (κ1) is 40.5. The SMILES string of the molecule is CC(C)(C)c1ccc(N(c2cccc3ccccc23)c2cc3c(cc(N(c4ccc(C(C)(C)C)cc4)c4cccc5ccccc45)c4sc5ccccc5c43)c3c2sc2ccccc23)cc1. The molecule has 0 aliphatic rings. The van der Waals surface area contributed by atoms with Gasteiger partial charge in [-0.25, -0.2) is 0 Å². The summed E-state index contributed by atoms with van der Waals surface area (Å²) in [4.78, 5) is 5.08. The molecule has 4 heteroatoms. The summed E-state index contributed by atoms with van der Waals surface area (Å²) < 4.78 is 5.10. The Hall–Kier alpha value is -6.98. The number of fused-ring (bicyclic) bond motifs is 11. The van der Waals surface area contributed by atoms with Crippen LogP contribution < -0.4 is 9.80 Å². The van der Waals surface area contributed by atoms with Gasteiger partial charge in [0.05, 0.1) is 32.1 Å². The van der Waals surface area contributed by atoms with Gasteiger partial charge in [0.2, 0.25) is 0 Å². The molecule has 0 saturated heterocycles. The van der Waals surface area contributed by atoms with Gasteiger partial charge in [-0.3, -0.25) is 0 Å². The minimum atomic E-state index is 0.0301. The quantitative estimate of drug-likeness (QED) is 0.164. The second-order valence-corrected chi connectivity index (χ2v) is 21.9. The van der Waals surface area contributed by atoms with Crippen LogP contribution in [0.5, 0.6) is 0 Å². The molecule has 10 aromatic carbocycles. The zero-order valence-electron chi connectivity index (χ0n) is 38.2. The third-order valence-electron chi connectivity index (χ3n) is 13.5. The third kappa shape index (κ3) is 6.57. The Kier molecular flexibility index (Phi) is 9.40. The molecule has 66 heavy (non-hydrogen) atoms. The minimum Gasteiger partial charge on any atom is -0.308 e. The summed E-state index contributed by atoms with van der Waals surface area (Å²) in [5.41, 5.74) is 9.68. The molecule has 0 unspecified atom stereocenters. The lowest BCUT2D eigenvalue weighted by Gasteiger charge is -2.30. The van der Waals surface area contributed by atoms with Crippen LogP contribution in [0.1, 0.15) is 52.7 Å². The molecule has 2 nitrogen and oxygen atoms in total. The molecule has 320 valence electrons. The third-order valence-corrected chi connectivity index (χ3v) is 15.9. The van der Waals surface area contributed by atoms with Crippen LogP contribution in [0.4, 0.5) is 34.1 Å². The van der Waals surface area contributed by atoms with E-state index in [4.69, 9.17) is 0 Å². The van der Waals surface area contributed by atoms with Crippen molar-refractivity contribution in [3.8, 4) is 0 Å². The van der Waals surface area contributed by atoms with Crippen molar-refractivity contribution in [2.24, 2.45) is 0 Å². The first-order valence-electron chi connectivity index (χ1n) is 23.0. The normalized spacial score (nSPS) is 12.4. The van der Waals surface area contributed by atoms with Crippen LogP contribution in [-0.4, -0.2) is 0 Å². The average Bonchev–Trinajstić information content (AvgIpc) is 3.92. The lowest BCUT2D eigenvalue weighted by Crippen LogP contribution is -2.14. The van der Waals surface area contributed by atoms with Crippen molar-refractivity contribution in [2.75, 3.05) is 9.80 Å². The molecule has 0 atom stereocenters. The molecule has 2 aromatic heterocycles. The van der Waals surface area contributed by atoms with Crippen molar-refractivity contribution in [3.05, 3.63) is 205 Å². The van der Waals surface area contributed by atoms with E-state index in [0.29, 0.717) is 0 Å². The maximum atomic E-state index is 2.54. The van der Waals surface area contributed by atoms with Crippen LogP contribution >= 0.6 is 22.7 Å². The maximum absolute atomic E-state index is 2.54. The van der Waals surface area contributed by atoms with E-state index in [0.717, 1.165) is 11.4 Å². The van der Waals surface area contributed by atoms with Gasteiger partial charge in [0.1, 0.15) is 0 Å². The standard InChI is InChI=1S/C62H50N2S2/c1-61(2,3)41-29-33-43(34-30-41)63(51-25-15-19-39-17-7-9-21-45(39)51)53-37-49-50(57-47-23-11-13-27-55(47)65-59(53)57)38-54(60-58(49)48-24-12-14-28-56(48)66-60)64(44-35-31-42(32-36-44)62(4,5)6)52-26-16-20-40-18-8-10-22-46(40)52/h7-38H,1-6H3. The van der Waals surface area contributed by atoms with Crippen LogP contribution in [0.3, 0.4) is 0 Å². The molecule has 0 aliphatic carbocycles. The van der Waals surface area contributed by atoms with Crippen molar-refractivity contribution in [3.63, 3.8) is 0 Å². The largest absolute Gasteiger partial charge is 0.308 e. The van der Waals surface area contributed by atoms with Gasteiger partial charge in [-0.2, -0.15) is 0 Å². The van der Waals surface area contributed by atoms with Crippen LogP contribution in [-0.2, 0) is 10.8 Å². The van der Waals surface area contributed by atoms with E-state index in [1.807, 2.05) is 22.7 Å². The van der Waals surface area contributed by atoms with Crippen LogP contribution in [0, 0.1) is 0 Å². The van der Waals surface area contributed by atoms with Crippen molar-refractivity contribution < 1.29 is 0 Å². The van der Waals surface area contributed by atoms with Gasteiger partial charge in [0.15, 0.2) is 0 Å². The first-order valence-corrected chi connectivity index (χ1v) is 24.6. The number of rotatable bonds is 6. The van der Waals surface area contributed by atoms with Gasteiger partial charge in [-0.05, 0) is 104 Å². The summed E-state index contributed by atoms with van der Waals surface area (Å²) in [6, 6.07) is 72.9. The number of benzene rings is 10. The molecule has 0 bridgehead atoms. The second-order valence-electron chi connectivity index (χ2n) is 19.8. The summed E-state index contributed by atoms with van der Waals surface area (Å²) in [7, 11) is 0. The smallest absolute Gasteiger partial charge is 0.0647 e. The highest BCUT2D eigenvalue weighted by molar-refractivity contribution is 7.27. The number of nitrogens with zero attached hydrogens (tertiary/aromatic N) is 2. The number of hydrogen-bond donors (Lipinski definition) is 0. The predicted molar refractivity (Wildman–Crippen MR) is 292 cm³/mol. The van der Waals surface area contributed by atoms with E-state index in [-0.39, 0.29) is 10.8 Å². The molecule has 0 aliphatic heterocycles. The summed E-state index contributed by atoms with van der Waals surface area (Å²) in [5.74, 6) is 0. The van der Waals surface area contributed by atoms with Crippen molar-refractivity contribution in [1.82, 2.24) is 0 Å². The second kappa shape index (κ2) is 15.3. The van der Waals surface area contributed by atoms with E-state index < -0.39 is 0 Å². The van der Waals surface area contributed by atoms with Crippen LogP contribution in [0.15, 0.2) is 194 Å². The summed E-state index contributed by atoms with van der Waals surface area (Å²) in [6.07, 6.45) is 0. The zero-order valence-corrected chi connectivity index (χ0v) is 39.8. The minimum absolute atomic E-state index is 0.0301. The highest BCUT2D eigenvalue weighted by Gasteiger charge is 2.28. The Balaban J connectivity index is 1.24.